The van der Waals surface area contributed by atoms with Crippen LogP contribution < -0.4 is 5.73 Å². The van der Waals surface area contributed by atoms with E-state index >= 15 is 0 Å². The number of aldehydes is 1. The van der Waals surface area contributed by atoms with Crippen molar-refractivity contribution >= 4 is 47.0 Å². The summed E-state index contributed by atoms with van der Waals surface area (Å²) in [4.78, 5) is 24.9. The van der Waals surface area contributed by atoms with Crippen molar-refractivity contribution < 1.29 is 9.59 Å². The van der Waals surface area contributed by atoms with Crippen LogP contribution in [0, 0.1) is 0 Å². The van der Waals surface area contributed by atoms with E-state index in [-0.39, 0.29) is 26.5 Å². The van der Waals surface area contributed by atoms with Crippen LogP contribution in [0.25, 0.3) is 0 Å². The quantitative estimate of drug-likeness (QED) is 0.647. The second kappa shape index (κ2) is 4.13. The highest BCUT2D eigenvalue weighted by Gasteiger charge is 2.19. The molecule has 0 aliphatic carbocycles. The van der Waals surface area contributed by atoms with Gasteiger partial charge in [-0.3, -0.25) is 9.59 Å². The number of aromatic nitrogens is 1. The second-order valence-electron chi connectivity index (χ2n) is 2.28. The lowest BCUT2D eigenvalue weighted by molar-refractivity contribution is 0.1000. The minimum Gasteiger partial charge on any atom is -0.365 e. The Morgan fingerprint density at radius 2 is 1.86 bits per heavy atom. The summed E-state index contributed by atoms with van der Waals surface area (Å²) in [7, 11) is 0. The van der Waals surface area contributed by atoms with Crippen molar-refractivity contribution in [3.05, 3.63) is 26.5 Å². The molecule has 1 aromatic heterocycles. The van der Waals surface area contributed by atoms with Crippen molar-refractivity contribution in [3.63, 3.8) is 0 Å². The summed E-state index contributed by atoms with van der Waals surface area (Å²) in [5.41, 5.74) is 4.67. The maximum absolute atomic E-state index is 10.9. The van der Waals surface area contributed by atoms with E-state index < -0.39 is 5.91 Å². The molecule has 1 rings (SSSR count). The SMILES string of the molecule is NC(=O)c1c(Cl)nc(Cl)c(C=O)c1Cl. The predicted molar refractivity (Wildman–Crippen MR) is 53.2 cm³/mol. The molecule has 0 fully saturated rings. The number of nitrogens with two attached hydrogens (primary N) is 1. The van der Waals surface area contributed by atoms with Gasteiger partial charge in [-0.25, -0.2) is 4.98 Å². The Kier molecular flexibility index (Phi) is 3.31. The fourth-order valence-corrected chi connectivity index (χ4v) is 1.78. The highest BCUT2D eigenvalue weighted by Crippen LogP contribution is 2.29. The van der Waals surface area contributed by atoms with E-state index in [9.17, 15) is 9.59 Å². The minimum absolute atomic E-state index is 0.105. The van der Waals surface area contributed by atoms with E-state index in [1.54, 1.807) is 0 Å². The van der Waals surface area contributed by atoms with Gasteiger partial charge in [0.2, 0.25) is 0 Å². The monoisotopic (exact) mass is 252 g/mol. The first-order valence-electron chi connectivity index (χ1n) is 3.28. The zero-order valence-corrected chi connectivity index (χ0v) is 8.82. The van der Waals surface area contributed by atoms with E-state index in [1.807, 2.05) is 0 Å². The van der Waals surface area contributed by atoms with Crippen LogP contribution in [0.1, 0.15) is 20.7 Å². The lowest BCUT2D eigenvalue weighted by atomic mass is 10.2. The van der Waals surface area contributed by atoms with Gasteiger partial charge in [0.25, 0.3) is 5.91 Å². The summed E-state index contributed by atoms with van der Waals surface area (Å²) in [5.74, 6) is -0.868. The molecule has 0 aliphatic rings. The molecule has 0 aliphatic heterocycles. The maximum atomic E-state index is 10.9. The molecule has 1 aromatic rings. The summed E-state index contributed by atoms with van der Waals surface area (Å²) in [6.07, 6.45) is 0.375. The molecule has 0 atom stereocenters. The number of amides is 1. The molecule has 0 spiro atoms. The minimum atomic E-state index is -0.868. The fraction of sp³-hybridized carbons (Fsp3) is 0. The number of carbonyl (C=O) groups is 2. The van der Waals surface area contributed by atoms with Crippen molar-refractivity contribution in [2.45, 2.75) is 0 Å². The highest BCUT2D eigenvalue weighted by molar-refractivity contribution is 6.43. The van der Waals surface area contributed by atoms with Gasteiger partial charge in [-0.2, -0.15) is 0 Å². The Morgan fingerprint density at radius 3 is 2.29 bits per heavy atom. The van der Waals surface area contributed by atoms with Gasteiger partial charge < -0.3 is 5.73 Å². The largest absolute Gasteiger partial charge is 0.365 e. The van der Waals surface area contributed by atoms with Crippen LogP contribution in [-0.4, -0.2) is 17.2 Å². The fourth-order valence-electron chi connectivity index (χ4n) is 0.828. The number of hydrogen-bond donors (Lipinski definition) is 1. The van der Waals surface area contributed by atoms with Gasteiger partial charge in [0, 0.05) is 0 Å². The molecule has 4 nitrogen and oxygen atoms in total. The molecular formula is C7H3Cl3N2O2. The zero-order valence-electron chi connectivity index (χ0n) is 6.55. The number of primary amides is 1. The molecule has 0 aromatic carbocycles. The Bertz CT molecular complexity index is 420. The van der Waals surface area contributed by atoms with E-state index in [0.717, 1.165) is 0 Å². The van der Waals surface area contributed by atoms with Crippen molar-refractivity contribution in [1.29, 1.82) is 0 Å². The van der Waals surface area contributed by atoms with Crippen LogP contribution in [0.3, 0.4) is 0 Å². The van der Waals surface area contributed by atoms with Crippen molar-refractivity contribution in [3.8, 4) is 0 Å². The van der Waals surface area contributed by atoms with Gasteiger partial charge in [-0.1, -0.05) is 34.8 Å². The van der Waals surface area contributed by atoms with Gasteiger partial charge >= 0.3 is 0 Å². The van der Waals surface area contributed by atoms with Gasteiger partial charge in [-0.05, 0) is 0 Å². The summed E-state index contributed by atoms with van der Waals surface area (Å²) in [6.45, 7) is 0. The molecule has 74 valence electrons. The summed E-state index contributed by atoms with van der Waals surface area (Å²) < 4.78 is 0. The molecule has 0 saturated carbocycles. The van der Waals surface area contributed by atoms with E-state index in [1.165, 1.54) is 0 Å². The molecule has 2 N–H and O–H groups in total. The van der Waals surface area contributed by atoms with Crippen molar-refractivity contribution in [1.82, 2.24) is 4.98 Å². The van der Waals surface area contributed by atoms with E-state index in [2.05, 4.69) is 4.98 Å². The molecule has 0 bridgehead atoms. The lowest BCUT2D eigenvalue weighted by Gasteiger charge is -2.05. The maximum Gasteiger partial charge on any atom is 0.253 e. The zero-order chi connectivity index (χ0) is 10.9. The van der Waals surface area contributed by atoms with E-state index in [4.69, 9.17) is 40.5 Å². The number of pyridine rings is 1. The van der Waals surface area contributed by atoms with Gasteiger partial charge in [0.05, 0.1) is 16.1 Å². The number of hydrogen-bond acceptors (Lipinski definition) is 3. The summed E-state index contributed by atoms with van der Waals surface area (Å²) in [5, 5.41) is -0.574. The third-order valence-corrected chi connectivity index (χ3v) is 2.40. The lowest BCUT2D eigenvalue weighted by Crippen LogP contribution is -2.14. The first-order chi connectivity index (χ1) is 6.49. The van der Waals surface area contributed by atoms with Crippen molar-refractivity contribution in [2.75, 3.05) is 0 Å². The standard InChI is InChI=1S/C7H3Cl3N2O2/c8-4-2(1-13)5(9)12-6(10)3(4)7(11)14/h1H,(H2,11,14). The Labute approximate surface area is 94.0 Å². The van der Waals surface area contributed by atoms with Crippen LogP contribution in [0.2, 0.25) is 15.3 Å². The average molecular weight is 253 g/mol. The Balaban J connectivity index is 3.60. The second-order valence-corrected chi connectivity index (χ2v) is 3.37. The molecular weight excluding hydrogens is 250 g/mol. The Hall–Kier alpha value is -0.840. The van der Waals surface area contributed by atoms with Crippen molar-refractivity contribution in [2.24, 2.45) is 5.73 Å². The van der Waals surface area contributed by atoms with Crippen LogP contribution in [-0.2, 0) is 0 Å². The molecule has 1 heterocycles. The number of halogens is 3. The van der Waals surface area contributed by atoms with Crippen LogP contribution in [0.5, 0.6) is 0 Å². The molecule has 1 amide bonds. The predicted octanol–water partition coefficient (Wildman–Crippen LogP) is 1.95. The third-order valence-electron chi connectivity index (χ3n) is 1.45. The topological polar surface area (TPSA) is 73.1 Å². The molecule has 0 unspecified atom stereocenters. The van der Waals surface area contributed by atoms with Crippen LogP contribution in [0.4, 0.5) is 0 Å². The van der Waals surface area contributed by atoms with Gasteiger partial charge in [0.1, 0.15) is 10.3 Å². The molecule has 14 heavy (non-hydrogen) atoms. The molecule has 7 heteroatoms. The number of rotatable bonds is 2. The third kappa shape index (κ3) is 1.82. The van der Waals surface area contributed by atoms with Gasteiger partial charge in [0.15, 0.2) is 6.29 Å². The first kappa shape index (κ1) is 11.2. The molecule has 0 radical (unpaired) electrons. The first-order valence-corrected chi connectivity index (χ1v) is 4.42. The average Bonchev–Trinajstić information content (AvgIpc) is 2.02. The van der Waals surface area contributed by atoms with E-state index in [0.29, 0.717) is 6.29 Å². The van der Waals surface area contributed by atoms with Crippen LogP contribution in [0.15, 0.2) is 0 Å². The number of nitrogens with zero attached hydrogens (tertiary/aromatic N) is 1. The van der Waals surface area contributed by atoms with Crippen LogP contribution >= 0.6 is 34.8 Å². The number of carbonyl (C=O) groups excluding carboxylic acids is 2. The molecule has 0 saturated heterocycles. The smallest absolute Gasteiger partial charge is 0.253 e. The summed E-state index contributed by atoms with van der Waals surface area (Å²) >= 11 is 16.8. The van der Waals surface area contributed by atoms with Gasteiger partial charge in [-0.15, -0.1) is 0 Å². The highest BCUT2D eigenvalue weighted by atomic mass is 35.5. The Morgan fingerprint density at radius 1 is 1.29 bits per heavy atom. The summed E-state index contributed by atoms with van der Waals surface area (Å²) in [6, 6.07) is 0. The normalized spacial score (nSPS) is 9.93.